The fourth-order valence-electron chi connectivity index (χ4n) is 2.10. The number of rotatable bonds is 6. The average Bonchev–Trinajstić information content (AvgIpc) is 2.54. The number of aromatic nitrogens is 1. The van der Waals surface area contributed by atoms with Gasteiger partial charge in [0.2, 0.25) is 0 Å². The molecule has 2 N–H and O–H groups in total. The smallest absolute Gasteiger partial charge is 0.338 e. The summed E-state index contributed by atoms with van der Waals surface area (Å²) < 4.78 is 5.01. The molecule has 0 fully saturated rings. The van der Waals surface area contributed by atoms with Crippen molar-refractivity contribution >= 4 is 5.97 Å². The summed E-state index contributed by atoms with van der Waals surface area (Å²) in [6.07, 6.45) is 3.57. The van der Waals surface area contributed by atoms with E-state index in [4.69, 9.17) is 4.74 Å². The SMILES string of the molecule is COC(CO)(Cc1ccc(-c2cccnc2)cc1)C(=O)O. The Hall–Kier alpha value is -2.24. The lowest BCUT2D eigenvalue weighted by molar-refractivity contribution is -0.167. The monoisotopic (exact) mass is 287 g/mol. The van der Waals surface area contributed by atoms with Crippen LogP contribution in [0.25, 0.3) is 11.1 Å². The summed E-state index contributed by atoms with van der Waals surface area (Å²) in [7, 11) is 1.29. The van der Waals surface area contributed by atoms with Gasteiger partial charge in [0.05, 0.1) is 6.61 Å². The largest absolute Gasteiger partial charge is 0.479 e. The van der Waals surface area contributed by atoms with Gasteiger partial charge in [-0.1, -0.05) is 30.3 Å². The first kappa shape index (κ1) is 15.2. The number of nitrogens with zero attached hydrogens (tertiary/aromatic N) is 1. The van der Waals surface area contributed by atoms with Gasteiger partial charge in [0, 0.05) is 25.9 Å². The minimum Gasteiger partial charge on any atom is -0.479 e. The van der Waals surface area contributed by atoms with Gasteiger partial charge in [0.15, 0.2) is 5.60 Å². The molecule has 0 saturated heterocycles. The molecule has 21 heavy (non-hydrogen) atoms. The number of carboxylic acid groups (broad SMARTS) is 1. The van der Waals surface area contributed by atoms with Crippen LogP contribution in [0.3, 0.4) is 0 Å². The van der Waals surface area contributed by atoms with E-state index in [0.717, 1.165) is 16.7 Å². The van der Waals surface area contributed by atoms with E-state index in [1.54, 1.807) is 12.4 Å². The van der Waals surface area contributed by atoms with E-state index in [9.17, 15) is 15.0 Å². The van der Waals surface area contributed by atoms with Crippen LogP contribution in [0.4, 0.5) is 0 Å². The first-order chi connectivity index (χ1) is 10.1. The van der Waals surface area contributed by atoms with E-state index >= 15 is 0 Å². The lowest BCUT2D eigenvalue weighted by Gasteiger charge is -2.25. The highest BCUT2D eigenvalue weighted by molar-refractivity contribution is 5.78. The van der Waals surface area contributed by atoms with Crippen LogP contribution in [-0.4, -0.2) is 40.5 Å². The zero-order chi connectivity index (χ0) is 15.3. The minimum atomic E-state index is -1.60. The molecule has 1 aromatic heterocycles. The first-order valence-corrected chi connectivity index (χ1v) is 6.50. The van der Waals surface area contributed by atoms with Crippen molar-refractivity contribution in [3.05, 3.63) is 54.4 Å². The van der Waals surface area contributed by atoms with Gasteiger partial charge in [-0.15, -0.1) is 0 Å². The Kier molecular flexibility index (Phi) is 4.67. The molecule has 0 bridgehead atoms. The number of aliphatic carboxylic acids is 1. The normalized spacial score (nSPS) is 13.6. The molecule has 0 radical (unpaired) electrons. The molecule has 1 unspecified atom stereocenters. The second-order valence-corrected chi connectivity index (χ2v) is 4.78. The zero-order valence-electron chi connectivity index (χ0n) is 11.7. The highest BCUT2D eigenvalue weighted by atomic mass is 16.5. The van der Waals surface area contributed by atoms with Crippen molar-refractivity contribution in [3.8, 4) is 11.1 Å². The summed E-state index contributed by atoms with van der Waals surface area (Å²) in [5.41, 5.74) is 1.16. The number of aliphatic hydroxyl groups is 1. The summed E-state index contributed by atoms with van der Waals surface area (Å²) >= 11 is 0. The highest BCUT2D eigenvalue weighted by Crippen LogP contribution is 2.22. The molecular formula is C16H17NO4. The number of carboxylic acids is 1. The predicted molar refractivity (Wildman–Crippen MR) is 77.8 cm³/mol. The summed E-state index contributed by atoms with van der Waals surface area (Å²) in [5.74, 6) is -1.18. The van der Waals surface area contributed by atoms with Crippen LogP contribution in [0.5, 0.6) is 0 Å². The Bertz CT molecular complexity index is 591. The summed E-state index contributed by atoms with van der Waals surface area (Å²) in [6.45, 7) is -0.580. The number of methoxy groups -OCH3 is 1. The molecule has 1 aromatic carbocycles. The zero-order valence-corrected chi connectivity index (χ0v) is 11.7. The minimum absolute atomic E-state index is 0.0999. The molecule has 110 valence electrons. The van der Waals surface area contributed by atoms with E-state index in [1.165, 1.54) is 7.11 Å². The Morgan fingerprint density at radius 1 is 1.24 bits per heavy atom. The lowest BCUT2D eigenvalue weighted by atomic mass is 9.94. The number of hydrogen-bond acceptors (Lipinski definition) is 4. The van der Waals surface area contributed by atoms with E-state index in [1.807, 2.05) is 36.4 Å². The van der Waals surface area contributed by atoms with Gasteiger partial charge in [0.1, 0.15) is 0 Å². The molecule has 1 atom stereocenters. The van der Waals surface area contributed by atoms with Crippen LogP contribution in [-0.2, 0) is 16.0 Å². The number of hydrogen-bond donors (Lipinski definition) is 2. The third kappa shape index (κ3) is 3.26. The predicted octanol–water partition coefficient (Wildman–Crippen LogP) is 1.75. The van der Waals surface area contributed by atoms with Gasteiger partial charge in [-0.25, -0.2) is 4.79 Å². The first-order valence-electron chi connectivity index (χ1n) is 6.50. The lowest BCUT2D eigenvalue weighted by Crippen LogP contribution is -2.46. The van der Waals surface area contributed by atoms with Crippen molar-refractivity contribution in [2.24, 2.45) is 0 Å². The third-order valence-electron chi connectivity index (χ3n) is 3.47. The topological polar surface area (TPSA) is 79.7 Å². The highest BCUT2D eigenvalue weighted by Gasteiger charge is 2.38. The second-order valence-electron chi connectivity index (χ2n) is 4.78. The van der Waals surface area contributed by atoms with Crippen molar-refractivity contribution < 1.29 is 19.7 Å². The van der Waals surface area contributed by atoms with Crippen LogP contribution in [0.2, 0.25) is 0 Å². The van der Waals surface area contributed by atoms with E-state index in [-0.39, 0.29) is 6.42 Å². The molecular weight excluding hydrogens is 270 g/mol. The van der Waals surface area contributed by atoms with Crippen molar-refractivity contribution in [2.75, 3.05) is 13.7 Å². The summed E-state index contributed by atoms with van der Waals surface area (Å²) in [5, 5.41) is 18.6. The van der Waals surface area contributed by atoms with Crippen molar-refractivity contribution in [2.45, 2.75) is 12.0 Å². The quantitative estimate of drug-likeness (QED) is 0.846. The van der Waals surface area contributed by atoms with Crippen LogP contribution in [0.15, 0.2) is 48.8 Å². The molecule has 0 spiro atoms. The molecule has 5 heteroatoms. The molecule has 0 aliphatic heterocycles. The van der Waals surface area contributed by atoms with Crippen molar-refractivity contribution in [1.29, 1.82) is 0 Å². The Morgan fingerprint density at radius 3 is 2.43 bits per heavy atom. The number of pyridine rings is 1. The van der Waals surface area contributed by atoms with Crippen LogP contribution in [0.1, 0.15) is 5.56 Å². The number of aliphatic hydroxyl groups excluding tert-OH is 1. The number of ether oxygens (including phenoxy) is 1. The van der Waals surface area contributed by atoms with Gasteiger partial charge in [-0.2, -0.15) is 0 Å². The maximum atomic E-state index is 11.3. The van der Waals surface area contributed by atoms with Crippen molar-refractivity contribution in [3.63, 3.8) is 0 Å². The molecule has 5 nitrogen and oxygen atoms in total. The van der Waals surface area contributed by atoms with Gasteiger partial charge < -0.3 is 14.9 Å². The molecule has 1 heterocycles. The van der Waals surface area contributed by atoms with E-state index in [0.29, 0.717) is 0 Å². The summed E-state index contributed by atoms with van der Waals surface area (Å²) in [4.78, 5) is 15.3. The third-order valence-corrected chi connectivity index (χ3v) is 3.47. The Labute approximate surface area is 122 Å². The Morgan fingerprint density at radius 2 is 1.95 bits per heavy atom. The maximum absolute atomic E-state index is 11.3. The van der Waals surface area contributed by atoms with Gasteiger partial charge in [-0.05, 0) is 22.8 Å². The fraction of sp³-hybridized carbons (Fsp3) is 0.250. The molecule has 2 aromatic rings. The molecule has 2 rings (SSSR count). The molecule has 0 aliphatic rings. The van der Waals surface area contributed by atoms with Crippen molar-refractivity contribution in [1.82, 2.24) is 4.98 Å². The molecule has 0 saturated carbocycles. The number of benzene rings is 1. The van der Waals surface area contributed by atoms with E-state index < -0.39 is 18.2 Å². The second kappa shape index (κ2) is 6.47. The van der Waals surface area contributed by atoms with Crippen LogP contribution < -0.4 is 0 Å². The maximum Gasteiger partial charge on any atom is 0.338 e. The fourth-order valence-corrected chi connectivity index (χ4v) is 2.10. The van der Waals surface area contributed by atoms with E-state index in [2.05, 4.69) is 4.98 Å². The summed E-state index contributed by atoms with van der Waals surface area (Å²) in [6, 6.07) is 11.3. The van der Waals surface area contributed by atoms with Gasteiger partial charge in [-0.3, -0.25) is 4.98 Å². The van der Waals surface area contributed by atoms with Crippen LogP contribution in [0, 0.1) is 0 Å². The number of carbonyl (C=O) groups is 1. The van der Waals surface area contributed by atoms with Crippen LogP contribution >= 0.6 is 0 Å². The Balaban J connectivity index is 2.21. The van der Waals surface area contributed by atoms with Gasteiger partial charge in [0.25, 0.3) is 0 Å². The molecule has 0 aliphatic carbocycles. The standard InChI is InChI=1S/C16H17NO4/c1-21-16(11-18,15(19)20)9-12-4-6-13(7-5-12)14-3-2-8-17-10-14/h2-8,10,18H,9,11H2,1H3,(H,19,20). The van der Waals surface area contributed by atoms with Gasteiger partial charge >= 0.3 is 5.97 Å². The molecule has 0 amide bonds. The average molecular weight is 287 g/mol.